The second-order valence-electron chi connectivity index (χ2n) is 8.26. The second kappa shape index (κ2) is 7.56. The summed E-state index contributed by atoms with van der Waals surface area (Å²) in [7, 11) is 3.85. The van der Waals surface area contributed by atoms with Crippen LogP contribution in [0.1, 0.15) is 25.6 Å². The van der Waals surface area contributed by atoms with Crippen molar-refractivity contribution in [1.82, 2.24) is 28.9 Å². The average Bonchev–Trinajstić information content (AvgIpc) is 3.31. The highest BCUT2D eigenvalue weighted by Crippen LogP contribution is 2.32. The van der Waals surface area contributed by atoms with Crippen molar-refractivity contribution >= 4 is 40.0 Å². The summed E-state index contributed by atoms with van der Waals surface area (Å²) < 4.78 is 6.84. The number of rotatable bonds is 4. The molecule has 162 valence electrons. The normalized spacial score (nSPS) is 11.7. The van der Waals surface area contributed by atoms with E-state index in [9.17, 15) is 0 Å². The molecular weight excluding hydrogens is 418 g/mol. The number of anilines is 1. The number of nitrogens with one attached hydrogen (secondary N) is 1. The summed E-state index contributed by atoms with van der Waals surface area (Å²) in [6.07, 6.45) is 5.86. The van der Waals surface area contributed by atoms with Crippen LogP contribution in [0.3, 0.4) is 0 Å². The molecule has 4 heterocycles. The molecule has 0 aliphatic carbocycles. The molecule has 5 rings (SSSR count). The molecule has 1 N–H and O–H groups in total. The molecule has 0 aliphatic rings. The van der Waals surface area contributed by atoms with Crippen molar-refractivity contribution in [2.75, 3.05) is 12.4 Å². The van der Waals surface area contributed by atoms with Gasteiger partial charge in [0.05, 0.1) is 34.1 Å². The highest BCUT2D eigenvalue weighted by Gasteiger charge is 2.18. The zero-order chi connectivity index (χ0) is 22.6. The zero-order valence-corrected chi connectivity index (χ0v) is 19.6. The van der Waals surface area contributed by atoms with Gasteiger partial charge in [-0.2, -0.15) is 5.10 Å². The number of benzene rings is 1. The van der Waals surface area contributed by atoms with Crippen LogP contribution >= 0.6 is 12.2 Å². The van der Waals surface area contributed by atoms with Gasteiger partial charge < -0.3 is 9.88 Å². The molecular formula is C24H25N7S. The van der Waals surface area contributed by atoms with Crippen LogP contribution in [-0.2, 0) is 7.05 Å². The van der Waals surface area contributed by atoms with E-state index in [0.29, 0.717) is 4.77 Å². The Balaban J connectivity index is 1.82. The number of aryl methyl sites for hydroxylation is 2. The van der Waals surface area contributed by atoms with E-state index in [1.54, 1.807) is 0 Å². The monoisotopic (exact) mass is 443 g/mol. The fourth-order valence-electron chi connectivity index (χ4n) is 4.07. The van der Waals surface area contributed by atoms with Crippen LogP contribution in [0, 0.1) is 11.7 Å². The lowest BCUT2D eigenvalue weighted by atomic mass is 10.0. The lowest BCUT2D eigenvalue weighted by molar-refractivity contribution is 0.529. The first-order valence-corrected chi connectivity index (χ1v) is 11.0. The fraction of sp³-hybridized carbons (Fsp3) is 0.250. The molecule has 0 atom stereocenters. The second-order valence-corrected chi connectivity index (χ2v) is 8.62. The van der Waals surface area contributed by atoms with Crippen molar-refractivity contribution in [2.45, 2.75) is 26.8 Å². The van der Waals surface area contributed by atoms with E-state index in [1.165, 1.54) is 0 Å². The van der Waals surface area contributed by atoms with E-state index in [0.717, 1.165) is 50.3 Å². The number of aromatic nitrogens is 6. The van der Waals surface area contributed by atoms with E-state index in [-0.39, 0.29) is 6.04 Å². The van der Waals surface area contributed by atoms with Crippen LogP contribution < -0.4 is 5.32 Å². The fourth-order valence-corrected chi connectivity index (χ4v) is 4.36. The first kappa shape index (κ1) is 20.4. The largest absolute Gasteiger partial charge is 0.373 e. The third-order valence-electron chi connectivity index (χ3n) is 5.90. The summed E-state index contributed by atoms with van der Waals surface area (Å²) in [6.45, 7) is 6.27. The molecule has 0 radical (unpaired) electrons. The predicted molar refractivity (Wildman–Crippen MR) is 132 cm³/mol. The van der Waals surface area contributed by atoms with Crippen molar-refractivity contribution < 1.29 is 0 Å². The van der Waals surface area contributed by atoms with Crippen molar-refractivity contribution in [3.8, 4) is 16.8 Å². The molecule has 32 heavy (non-hydrogen) atoms. The maximum Gasteiger partial charge on any atom is 0.185 e. The topological polar surface area (TPSA) is 65.5 Å². The quantitative estimate of drug-likeness (QED) is 0.375. The van der Waals surface area contributed by atoms with E-state index >= 15 is 0 Å². The Bertz CT molecular complexity index is 1520. The Kier molecular flexibility index (Phi) is 4.82. The maximum absolute atomic E-state index is 5.87. The zero-order valence-electron chi connectivity index (χ0n) is 18.8. The van der Waals surface area contributed by atoms with Gasteiger partial charge in [0, 0.05) is 43.5 Å². The maximum atomic E-state index is 5.87. The molecule has 1 aromatic carbocycles. The van der Waals surface area contributed by atoms with Crippen LogP contribution in [0.2, 0.25) is 0 Å². The van der Waals surface area contributed by atoms with Gasteiger partial charge in [-0.3, -0.25) is 14.2 Å². The minimum absolute atomic E-state index is 0.268. The van der Waals surface area contributed by atoms with Gasteiger partial charge in [-0.25, -0.2) is 4.98 Å². The molecule has 0 aliphatic heterocycles. The van der Waals surface area contributed by atoms with Crippen LogP contribution in [0.25, 0.3) is 38.8 Å². The van der Waals surface area contributed by atoms with Gasteiger partial charge in [-0.1, -0.05) is 6.07 Å². The Morgan fingerprint density at radius 2 is 1.81 bits per heavy atom. The number of hydrogen-bond acceptors (Lipinski definition) is 5. The Morgan fingerprint density at radius 3 is 2.47 bits per heavy atom. The smallest absolute Gasteiger partial charge is 0.185 e. The Morgan fingerprint density at radius 1 is 1.03 bits per heavy atom. The predicted octanol–water partition coefficient (Wildman–Crippen LogP) is 5.44. The highest BCUT2D eigenvalue weighted by atomic mass is 32.1. The van der Waals surface area contributed by atoms with E-state index in [1.807, 2.05) is 48.7 Å². The first-order valence-electron chi connectivity index (χ1n) is 10.6. The number of hydrogen-bond donors (Lipinski definition) is 1. The summed E-state index contributed by atoms with van der Waals surface area (Å²) >= 11 is 5.87. The minimum Gasteiger partial charge on any atom is -0.373 e. The van der Waals surface area contributed by atoms with Crippen molar-refractivity contribution in [3.05, 3.63) is 59.4 Å². The molecule has 0 bridgehead atoms. The summed E-state index contributed by atoms with van der Waals surface area (Å²) in [4.78, 5) is 9.18. The van der Waals surface area contributed by atoms with Gasteiger partial charge in [-0.15, -0.1) is 0 Å². The lowest BCUT2D eigenvalue weighted by Gasteiger charge is -2.08. The number of fused-ring (bicyclic) bond motifs is 3. The van der Waals surface area contributed by atoms with Gasteiger partial charge in [0.2, 0.25) is 0 Å². The molecule has 5 aromatic rings. The molecule has 0 spiro atoms. The van der Waals surface area contributed by atoms with Gasteiger partial charge in [0.25, 0.3) is 0 Å². The van der Waals surface area contributed by atoms with Gasteiger partial charge >= 0.3 is 0 Å². The van der Waals surface area contributed by atoms with Gasteiger partial charge in [-0.05, 0) is 62.8 Å². The first-order chi connectivity index (χ1) is 15.4. The molecule has 0 saturated carbocycles. The molecule has 4 aromatic heterocycles. The summed E-state index contributed by atoms with van der Waals surface area (Å²) in [5.74, 6) is 0.841. The molecule has 7 nitrogen and oxygen atoms in total. The van der Waals surface area contributed by atoms with Crippen molar-refractivity contribution in [2.24, 2.45) is 7.05 Å². The summed E-state index contributed by atoms with van der Waals surface area (Å²) in [5, 5.41) is 8.82. The number of nitrogens with zero attached hydrogens (tertiary/aromatic N) is 6. The van der Waals surface area contributed by atoms with Crippen molar-refractivity contribution in [3.63, 3.8) is 0 Å². The third-order valence-corrected chi connectivity index (χ3v) is 6.35. The SMILES string of the molecule is CNc1ccc(-c2ccc3ncc4c(c3c2)n(-c2cn(C(C)C)nc2C)c(=S)n4C)cn1. The number of pyridine rings is 2. The van der Waals surface area contributed by atoms with Crippen molar-refractivity contribution in [1.29, 1.82) is 0 Å². The lowest BCUT2D eigenvalue weighted by Crippen LogP contribution is -2.00. The summed E-state index contributed by atoms with van der Waals surface area (Å²) in [6, 6.07) is 10.6. The average molecular weight is 444 g/mol. The Labute approximate surface area is 191 Å². The third kappa shape index (κ3) is 3.10. The van der Waals surface area contributed by atoms with Crippen LogP contribution in [0.5, 0.6) is 0 Å². The van der Waals surface area contributed by atoms with E-state index in [2.05, 4.69) is 59.2 Å². The summed E-state index contributed by atoms with van der Waals surface area (Å²) in [5.41, 5.74) is 7.01. The van der Waals surface area contributed by atoms with Crippen LogP contribution in [0.15, 0.2) is 48.9 Å². The molecule has 0 fully saturated rings. The van der Waals surface area contributed by atoms with Gasteiger partial charge in [0.1, 0.15) is 5.82 Å². The molecule has 0 saturated heterocycles. The standard InChI is InChI=1S/C24H25N7S/c1-14(2)30-13-21(15(3)28-30)31-23-18-10-16(17-7-9-22(25-4)27-11-17)6-8-19(18)26-12-20(23)29(5)24(31)32/h6-14H,1-5H3,(H,25,27). The van der Waals surface area contributed by atoms with Crippen LogP contribution in [-0.4, -0.2) is 35.9 Å². The molecule has 0 amide bonds. The highest BCUT2D eigenvalue weighted by molar-refractivity contribution is 7.71. The number of imidazole rings is 1. The van der Waals surface area contributed by atoms with Crippen LogP contribution in [0.4, 0.5) is 5.82 Å². The molecule has 0 unspecified atom stereocenters. The Hall–Kier alpha value is -3.52. The van der Waals surface area contributed by atoms with E-state index < -0.39 is 0 Å². The minimum atomic E-state index is 0.268. The molecule has 8 heteroatoms. The van der Waals surface area contributed by atoms with Gasteiger partial charge in [0.15, 0.2) is 4.77 Å². The van der Waals surface area contributed by atoms with E-state index in [4.69, 9.17) is 22.3 Å².